The Balaban J connectivity index is 1.79. The van der Waals surface area contributed by atoms with Crippen LogP contribution in [0, 0.1) is 13.8 Å². The van der Waals surface area contributed by atoms with E-state index in [4.69, 9.17) is 12.2 Å². The molecule has 1 aliphatic rings. The predicted molar refractivity (Wildman–Crippen MR) is 97.8 cm³/mol. The summed E-state index contributed by atoms with van der Waals surface area (Å²) in [5, 5.41) is 2.96. The molecular weight excluding hydrogens is 314 g/mol. The smallest absolute Gasteiger partial charge is 0.234 e. The number of carbonyl (C=O) groups is 1. The Labute approximate surface area is 142 Å². The number of benzene rings is 1. The number of thiocarbonyl (C=S) groups is 1. The van der Waals surface area contributed by atoms with Crippen molar-refractivity contribution in [2.75, 3.05) is 44.3 Å². The van der Waals surface area contributed by atoms with E-state index in [1.54, 1.807) is 0 Å². The Morgan fingerprint density at radius 3 is 2.68 bits per heavy atom. The third-order valence-corrected chi connectivity index (χ3v) is 5.38. The summed E-state index contributed by atoms with van der Waals surface area (Å²) in [7, 11) is 2.20. The van der Waals surface area contributed by atoms with E-state index in [2.05, 4.69) is 23.3 Å². The van der Waals surface area contributed by atoms with Crippen LogP contribution in [0.1, 0.15) is 11.1 Å². The van der Waals surface area contributed by atoms with Gasteiger partial charge in [-0.2, -0.15) is 0 Å². The van der Waals surface area contributed by atoms with Crippen molar-refractivity contribution in [3.05, 3.63) is 29.3 Å². The van der Waals surface area contributed by atoms with Gasteiger partial charge < -0.3 is 15.1 Å². The number of carbonyl (C=O) groups excluding carboxylic acids is 1. The van der Waals surface area contributed by atoms with Crippen LogP contribution in [-0.4, -0.2) is 54.1 Å². The minimum atomic E-state index is -0.000874. The van der Waals surface area contributed by atoms with Crippen molar-refractivity contribution in [1.29, 1.82) is 0 Å². The fraction of sp³-hybridized carbons (Fsp3) is 0.500. The molecular formula is C16H24N3OS2+. The third kappa shape index (κ3) is 4.97. The van der Waals surface area contributed by atoms with Crippen LogP contribution >= 0.6 is 24.0 Å². The van der Waals surface area contributed by atoms with Crippen LogP contribution in [0.4, 0.5) is 5.69 Å². The largest absolute Gasteiger partial charge is 0.346 e. The topological polar surface area (TPSA) is 36.8 Å². The molecule has 0 atom stereocenters. The zero-order valence-electron chi connectivity index (χ0n) is 13.4. The van der Waals surface area contributed by atoms with Gasteiger partial charge in [-0.25, -0.2) is 0 Å². The van der Waals surface area contributed by atoms with Gasteiger partial charge in [-0.3, -0.25) is 4.79 Å². The first kappa shape index (κ1) is 17.2. The third-order valence-electron chi connectivity index (χ3n) is 3.86. The zero-order valence-corrected chi connectivity index (χ0v) is 15.1. The molecule has 1 fully saturated rings. The minimum absolute atomic E-state index is 0.000874. The van der Waals surface area contributed by atoms with Crippen molar-refractivity contribution < 1.29 is 9.69 Å². The molecule has 1 heterocycles. The summed E-state index contributed by atoms with van der Waals surface area (Å²) in [6.07, 6.45) is 0. The Hall–Kier alpha value is -1.11. The molecule has 0 spiro atoms. The normalized spacial score (nSPS) is 15.7. The van der Waals surface area contributed by atoms with E-state index in [0.29, 0.717) is 5.75 Å². The average Bonchev–Trinajstić information content (AvgIpc) is 2.48. The highest BCUT2D eigenvalue weighted by molar-refractivity contribution is 8.23. The molecule has 1 aromatic carbocycles. The van der Waals surface area contributed by atoms with E-state index in [9.17, 15) is 4.79 Å². The number of hydrogen-bond acceptors (Lipinski definition) is 3. The van der Waals surface area contributed by atoms with E-state index in [0.717, 1.165) is 41.8 Å². The Morgan fingerprint density at radius 1 is 1.36 bits per heavy atom. The summed E-state index contributed by atoms with van der Waals surface area (Å²) in [5.41, 5.74) is 3.16. The molecule has 120 valence electrons. The number of rotatable bonds is 3. The summed E-state index contributed by atoms with van der Waals surface area (Å²) < 4.78 is 0.836. The monoisotopic (exact) mass is 338 g/mol. The van der Waals surface area contributed by atoms with Crippen molar-refractivity contribution in [3.63, 3.8) is 0 Å². The summed E-state index contributed by atoms with van der Waals surface area (Å²) in [6, 6.07) is 6.03. The second kappa shape index (κ2) is 7.94. The molecule has 2 rings (SSSR count). The highest BCUT2D eigenvalue weighted by Crippen LogP contribution is 2.17. The van der Waals surface area contributed by atoms with Crippen LogP contribution in [0.15, 0.2) is 18.2 Å². The molecule has 0 radical (unpaired) electrons. The number of hydrogen-bond donors (Lipinski definition) is 2. The maximum atomic E-state index is 12.1. The van der Waals surface area contributed by atoms with Crippen molar-refractivity contribution >= 4 is 39.9 Å². The van der Waals surface area contributed by atoms with Gasteiger partial charge >= 0.3 is 0 Å². The predicted octanol–water partition coefficient (Wildman–Crippen LogP) is 1.09. The molecule has 6 heteroatoms. The molecule has 1 amide bonds. The lowest BCUT2D eigenvalue weighted by molar-refractivity contribution is -0.883. The SMILES string of the molecule is Cc1ccc(NC(=O)CSC(=S)N2CC[NH+](C)CC2)c(C)c1. The highest BCUT2D eigenvalue weighted by Gasteiger charge is 2.19. The van der Waals surface area contributed by atoms with Crippen LogP contribution in [-0.2, 0) is 4.79 Å². The molecule has 0 saturated carbocycles. The van der Waals surface area contributed by atoms with Crippen LogP contribution in [0.3, 0.4) is 0 Å². The van der Waals surface area contributed by atoms with Crippen molar-refractivity contribution in [3.8, 4) is 0 Å². The molecule has 0 unspecified atom stereocenters. The lowest BCUT2D eigenvalue weighted by atomic mass is 10.1. The highest BCUT2D eigenvalue weighted by atomic mass is 32.2. The van der Waals surface area contributed by atoms with E-state index in [1.165, 1.54) is 22.2 Å². The van der Waals surface area contributed by atoms with Gasteiger partial charge in [0.25, 0.3) is 0 Å². The molecule has 1 saturated heterocycles. The molecule has 4 nitrogen and oxygen atoms in total. The van der Waals surface area contributed by atoms with E-state index in [1.807, 2.05) is 26.0 Å². The molecule has 22 heavy (non-hydrogen) atoms. The lowest BCUT2D eigenvalue weighted by Gasteiger charge is -2.31. The molecule has 1 aliphatic heterocycles. The average molecular weight is 339 g/mol. The van der Waals surface area contributed by atoms with Gasteiger partial charge in [-0.1, -0.05) is 41.7 Å². The van der Waals surface area contributed by atoms with Crippen molar-refractivity contribution in [2.45, 2.75) is 13.8 Å². The lowest BCUT2D eigenvalue weighted by Crippen LogP contribution is -3.12. The molecule has 1 aromatic rings. The molecule has 0 bridgehead atoms. The maximum absolute atomic E-state index is 12.1. The molecule has 2 N–H and O–H groups in total. The van der Waals surface area contributed by atoms with Gasteiger partial charge in [0.15, 0.2) is 0 Å². The fourth-order valence-electron chi connectivity index (χ4n) is 2.43. The van der Waals surface area contributed by atoms with E-state index < -0.39 is 0 Å². The Morgan fingerprint density at radius 2 is 2.05 bits per heavy atom. The number of amides is 1. The first-order valence-corrected chi connectivity index (χ1v) is 8.95. The van der Waals surface area contributed by atoms with Crippen molar-refractivity contribution in [1.82, 2.24) is 4.90 Å². The first-order chi connectivity index (χ1) is 10.5. The number of piperazine rings is 1. The second-order valence-corrected chi connectivity index (χ2v) is 7.47. The molecule has 0 aromatic heterocycles. The zero-order chi connectivity index (χ0) is 16.1. The number of likely N-dealkylation sites (N-methyl/N-ethyl adjacent to an activating group) is 1. The van der Waals surface area contributed by atoms with Crippen molar-refractivity contribution in [2.24, 2.45) is 0 Å². The Kier molecular flexibility index (Phi) is 6.23. The summed E-state index contributed by atoms with van der Waals surface area (Å²) in [4.78, 5) is 15.8. The van der Waals surface area contributed by atoms with Gasteiger partial charge in [-0.05, 0) is 25.5 Å². The number of anilines is 1. The summed E-state index contributed by atoms with van der Waals surface area (Å²) in [5.74, 6) is 0.366. The minimum Gasteiger partial charge on any atom is -0.346 e. The number of aryl methyl sites for hydroxylation is 2. The number of thioether (sulfide) groups is 1. The fourth-order valence-corrected chi connectivity index (χ4v) is 3.48. The summed E-state index contributed by atoms with van der Waals surface area (Å²) in [6.45, 7) is 8.23. The summed E-state index contributed by atoms with van der Waals surface area (Å²) >= 11 is 6.89. The molecule has 0 aliphatic carbocycles. The van der Waals surface area contributed by atoms with Gasteiger partial charge in [0.2, 0.25) is 5.91 Å². The number of nitrogens with zero attached hydrogens (tertiary/aromatic N) is 1. The van der Waals surface area contributed by atoms with E-state index in [-0.39, 0.29) is 5.91 Å². The second-order valence-electron chi connectivity index (χ2n) is 5.87. The quantitative estimate of drug-likeness (QED) is 0.809. The Bertz CT molecular complexity index is 554. The van der Waals surface area contributed by atoms with E-state index >= 15 is 0 Å². The maximum Gasteiger partial charge on any atom is 0.234 e. The van der Waals surface area contributed by atoms with Crippen LogP contribution < -0.4 is 10.2 Å². The van der Waals surface area contributed by atoms with Gasteiger partial charge in [0.05, 0.1) is 39.0 Å². The van der Waals surface area contributed by atoms with Crippen LogP contribution in [0.5, 0.6) is 0 Å². The van der Waals surface area contributed by atoms with Gasteiger partial charge in [-0.15, -0.1) is 0 Å². The number of quaternary nitrogens is 1. The standard InChI is InChI=1S/C16H23N3OS2/c1-12-4-5-14(13(2)10-12)17-15(20)11-22-16(21)19-8-6-18(3)7-9-19/h4-5,10H,6-9,11H2,1-3H3,(H,17,20)/p+1. The first-order valence-electron chi connectivity index (χ1n) is 7.56. The number of nitrogens with one attached hydrogen (secondary N) is 2. The van der Waals surface area contributed by atoms with Crippen LogP contribution in [0.25, 0.3) is 0 Å². The van der Waals surface area contributed by atoms with Crippen LogP contribution in [0.2, 0.25) is 0 Å². The van der Waals surface area contributed by atoms with Gasteiger partial charge in [0, 0.05) is 5.69 Å². The van der Waals surface area contributed by atoms with Gasteiger partial charge in [0.1, 0.15) is 4.32 Å².